The van der Waals surface area contributed by atoms with Crippen LogP contribution in [-0.2, 0) is 11.3 Å². The van der Waals surface area contributed by atoms with Gasteiger partial charge in [-0.1, -0.05) is 35.9 Å². The van der Waals surface area contributed by atoms with E-state index in [4.69, 9.17) is 11.6 Å². The number of ether oxygens (including phenoxy) is 1. The summed E-state index contributed by atoms with van der Waals surface area (Å²) in [6, 6.07) is 15.2. The first-order chi connectivity index (χ1) is 13.9. The predicted octanol–water partition coefficient (Wildman–Crippen LogP) is 5.15. The maximum atomic E-state index is 12.1. The zero-order valence-electron chi connectivity index (χ0n) is 15.5. The number of benzene rings is 2. The summed E-state index contributed by atoms with van der Waals surface area (Å²) < 4.78 is 30.4. The lowest BCUT2D eigenvalue weighted by Gasteiger charge is -2.04. The van der Waals surface area contributed by atoms with Crippen molar-refractivity contribution in [3.63, 3.8) is 0 Å². The number of hydrogen-bond donors (Lipinski definition) is 1. The first-order valence-corrected chi connectivity index (χ1v) is 9.10. The third kappa shape index (κ3) is 6.15. The molecule has 1 N–H and O–H groups in total. The fourth-order valence-corrected chi connectivity index (χ4v) is 2.72. The number of aromatic nitrogens is 2. The molecule has 2 aromatic carbocycles. The van der Waals surface area contributed by atoms with Gasteiger partial charge in [0.05, 0.1) is 6.54 Å². The molecule has 0 bridgehead atoms. The molecule has 29 heavy (non-hydrogen) atoms. The number of rotatable bonds is 7. The first kappa shape index (κ1) is 20.5. The van der Waals surface area contributed by atoms with Crippen LogP contribution in [0.15, 0.2) is 60.7 Å². The number of carbonyl (C=O) groups is 1. The van der Waals surface area contributed by atoms with Crippen molar-refractivity contribution >= 4 is 29.4 Å². The number of carbonyl (C=O) groups excluding carboxylic acids is 1. The summed E-state index contributed by atoms with van der Waals surface area (Å²) >= 11 is 5.90. The van der Waals surface area contributed by atoms with Gasteiger partial charge < -0.3 is 10.1 Å². The number of amides is 1. The van der Waals surface area contributed by atoms with Gasteiger partial charge in [0.15, 0.2) is 5.82 Å². The number of nitrogens with zero attached hydrogens (tertiary/aromatic N) is 2. The molecule has 3 aromatic rings. The molecule has 0 aliphatic rings. The van der Waals surface area contributed by atoms with E-state index in [0.717, 1.165) is 11.3 Å². The molecule has 0 spiro atoms. The van der Waals surface area contributed by atoms with Crippen molar-refractivity contribution in [3.8, 4) is 5.75 Å². The minimum absolute atomic E-state index is 0.0586. The molecule has 0 atom stereocenters. The Morgan fingerprint density at radius 3 is 2.55 bits per heavy atom. The van der Waals surface area contributed by atoms with Crippen LogP contribution in [0.25, 0.3) is 6.08 Å². The van der Waals surface area contributed by atoms with Crippen LogP contribution in [0.4, 0.5) is 14.6 Å². The molecule has 1 amide bonds. The van der Waals surface area contributed by atoms with Crippen LogP contribution in [0, 0.1) is 6.92 Å². The van der Waals surface area contributed by atoms with Gasteiger partial charge >= 0.3 is 6.61 Å². The zero-order chi connectivity index (χ0) is 20.8. The number of hydrogen-bond acceptors (Lipinski definition) is 3. The minimum Gasteiger partial charge on any atom is -0.435 e. The Labute approximate surface area is 171 Å². The van der Waals surface area contributed by atoms with Gasteiger partial charge in [-0.3, -0.25) is 9.48 Å². The highest BCUT2D eigenvalue weighted by atomic mass is 35.5. The minimum atomic E-state index is -2.87. The van der Waals surface area contributed by atoms with E-state index in [-0.39, 0.29) is 11.7 Å². The third-order valence-corrected chi connectivity index (χ3v) is 4.26. The highest BCUT2D eigenvalue weighted by Gasteiger charge is 2.07. The highest BCUT2D eigenvalue weighted by Crippen LogP contribution is 2.16. The monoisotopic (exact) mass is 417 g/mol. The normalized spacial score (nSPS) is 11.2. The number of aryl methyl sites for hydroxylation is 1. The molecule has 0 saturated carbocycles. The van der Waals surface area contributed by atoms with Gasteiger partial charge in [0.1, 0.15) is 5.75 Å². The average molecular weight is 418 g/mol. The van der Waals surface area contributed by atoms with E-state index < -0.39 is 6.61 Å². The summed E-state index contributed by atoms with van der Waals surface area (Å²) in [6.07, 6.45) is 2.91. The number of anilines is 1. The molecule has 0 aliphatic heterocycles. The summed E-state index contributed by atoms with van der Waals surface area (Å²) in [5.41, 5.74) is 2.61. The summed E-state index contributed by atoms with van der Waals surface area (Å²) in [6.45, 7) is -0.413. The van der Waals surface area contributed by atoms with Crippen LogP contribution in [-0.4, -0.2) is 22.3 Å². The van der Waals surface area contributed by atoms with Gasteiger partial charge in [0.25, 0.3) is 0 Å². The van der Waals surface area contributed by atoms with E-state index in [1.807, 2.05) is 31.2 Å². The average Bonchev–Trinajstić information content (AvgIpc) is 3.01. The van der Waals surface area contributed by atoms with Crippen LogP contribution in [0.3, 0.4) is 0 Å². The lowest BCUT2D eigenvalue weighted by atomic mass is 10.2. The quantitative estimate of drug-likeness (QED) is 0.541. The fraction of sp³-hybridized carbons (Fsp3) is 0.143. The van der Waals surface area contributed by atoms with Crippen LogP contribution in [0.5, 0.6) is 5.75 Å². The Hall–Kier alpha value is -3.19. The molecule has 3 rings (SSSR count). The topological polar surface area (TPSA) is 56.1 Å². The van der Waals surface area contributed by atoms with Crippen molar-refractivity contribution in [3.05, 3.63) is 82.5 Å². The first-order valence-electron chi connectivity index (χ1n) is 8.72. The van der Waals surface area contributed by atoms with E-state index in [2.05, 4.69) is 15.2 Å². The van der Waals surface area contributed by atoms with Gasteiger partial charge in [-0.05, 0) is 48.4 Å². The molecule has 0 radical (unpaired) electrons. The van der Waals surface area contributed by atoms with E-state index >= 15 is 0 Å². The third-order valence-electron chi connectivity index (χ3n) is 4.01. The molecular weight excluding hydrogens is 400 g/mol. The molecule has 150 valence electrons. The fourth-order valence-electron chi connectivity index (χ4n) is 2.59. The molecule has 5 nitrogen and oxygen atoms in total. The molecule has 0 unspecified atom stereocenters. The Balaban J connectivity index is 1.59. The Kier molecular flexibility index (Phi) is 6.61. The molecule has 0 fully saturated rings. The van der Waals surface area contributed by atoms with Crippen molar-refractivity contribution in [2.45, 2.75) is 20.1 Å². The van der Waals surface area contributed by atoms with Crippen molar-refractivity contribution in [2.24, 2.45) is 0 Å². The van der Waals surface area contributed by atoms with Gasteiger partial charge in [0.2, 0.25) is 5.91 Å². The Morgan fingerprint density at radius 2 is 1.90 bits per heavy atom. The lowest BCUT2D eigenvalue weighted by Crippen LogP contribution is -2.09. The van der Waals surface area contributed by atoms with E-state index in [0.29, 0.717) is 22.9 Å². The summed E-state index contributed by atoms with van der Waals surface area (Å²) in [7, 11) is 0. The van der Waals surface area contributed by atoms with Crippen molar-refractivity contribution in [2.75, 3.05) is 5.32 Å². The standard InChI is InChI=1S/C21H18ClF2N3O2/c1-14-12-19(26-27(14)13-16-2-7-17(22)8-3-16)25-20(28)11-6-15-4-9-18(10-5-15)29-21(23)24/h2-12,21H,13H2,1H3,(H,25,26,28)/b11-6-. The molecular formula is C21H18ClF2N3O2. The van der Waals surface area contributed by atoms with Crippen molar-refractivity contribution in [1.29, 1.82) is 0 Å². The van der Waals surface area contributed by atoms with E-state index in [1.54, 1.807) is 29.0 Å². The van der Waals surface area contributed by atoms with Crippen LogP contribution in [0.1, 0.15) is 16.8 Å². The molecule has 1 heterocycles. The summed E-state index contributed by atoms with van der Waals surface area (Å²) in [5.74, 6) is 0.143. The number of nitrogens with one attached hydrogen (secondary N) is 1. The largest absolute Gasteiger partial charge is 0.435 e. The van der Waals surface area contributed by atoms with Gasteiger partial charge in [0, 0.05) is 22.9 Å². The maximum absolute atomic E-state index is 12.1. The van der Waals surface area contributed by atoms with Crippen molar-refractivity contribution < 1.29 is 18.3 Å². The van der Waals surface area contributed by atoms with Crippen LogP contribution >= 0.6 is 11.6 Å². The van der Waals surface area contributed by atoms with E-state index in [9.17, 15) is 13.6 Å². The zero-order valence-corrected chi connectivity index (χ0v) is 16.2. The van der Waals surface area contributed by atoms with Gasteiger partial charge in [-0.15, -0.1) is 0 Å². The smallest absolute Gasteiger partial charge is 0.387 e. The number of halogens is 3. The maximum Gasteiger partial charge on any atom is 0.387 e. The highest BCUT2D eigenvalue weighted by molar-refractivity contribution is 6.30. The van der Waals surface area contributed by atoms with Crippen molar-refractivity contribution in [1.82, 2.24) is 9.78 Å². The second-order valence-electron chi connectivity index (χ2n) is 6.23. The summed E-state index contributed by atoms with van der Waals surface area (Å²) in [4.78, 5) is 12.1. The Morgan fingerprint density at radius 1 is 1.21 bits per heavy atom. The van der Waals surface area contributed by atoms with Crippen LogP contribution < -0.4 is 10.1 Å². The second kappa shape index (κ2) is 9.34. The SMILES string of the molecule is Cc1cc(NC(=O)/C=C\c2ccc(OC(F)F)cc2)nn1Cc1ccc(Cl)cc1. The number of alkyl halides is 2. The predicted molar refractivity (Wildman–Crippen MR) is 108 cm³/mol. The molecule has 1 aromatic heterocycles. The second-order valence-corrected chi connectivity index (χ2v) is 6.66. The molecule has 8 heteroatoms. The Bertz CT molecular complexity index is 1000. The summed E-state index contributed by atoms with van der Waals surface area (Å²) in [5, 5.41) is 7.76. The molecule has 0 aliphatic carbocycles. The van der Waals surface area contributed by atoms with Gasteiger partial charge in [-0.25, -0.2) is 0 Å². The van der Waals surface area contributed by atoms with Crippen LogP contribution in [0.2, 0.25) is 5.02 Å². The van der Waals surface area contributed by atoms with E-state index in [1.165, 1.54) is 18.2 Å². The molecule has 0 saturated heterocycles. The van der Waals surface area contributed by atoms with Gasteiger partial charge in [-0.2, -0.15) is 13.9 Å². The lowest BCUT2D eigenvalue weighted by molar-refractivity contribution is -0.111.